The van der Waals surface area contributed by atoms with Gasteiger partial charge in [0.05, 0.1) is 18.8 Å². The highest BCUT2D eigenvalue weighted by Gasteiger charge is 2.22. The second kappa shape index (κ2) is 7.60. The van der Waals surface area contributed by atoms with E-state index in [0.717, 1.165) is 0 Å². The van der Waals surface area contributed by atoms with Crippen molar-refractivity contribution in [2.75, 3.05) is 20.2 Å². The number of carboxylic acid groups (broad SMARTS) is 1. The molecule has 0 aliphatic rings. The number of aliphatic carboxylic acids is 1. The maximum atomic E-state index is 10.9. The summed E-state index contributed by atoms with van der Waals surface area (Å²) in [6.07, 6.45) is -0.0638. The quantitative estimate of drug-likeness (QED) is 0.641. The summed E-state index contributed by atoms with van der Waals surface area (Å²) in [6, 6.07) is -0.548. The van der Waals surface area contributed by atoms with Crippen LogP contribution in [0.2, 0.25) is 0 Å². The number of nitrogens with zero attached hydrogens (tertiary/aromatic N) is 1. The third kappa shape index (κ3) is 6.05. The first-order chi connectivity index (χ1) is 7.38. The number of carbonyl (C=O) groups is 1. The van der Waals surface area contributed by atoms with Crippen molar-refractivity contribution < 1.29 is 19.7 Å². The number of hydrogen-bond acceptors (Lipinski definition) is 4. The van der Waals surface area contributed by atoms with Gasteiger partial charge in [-0.2, -0.15) is 0 Å². The van der Waals surface area contributed by atoms with Crippen LogP contribution >= 0.6 is 0 Å². The first-order valence-corrected chi connectivity index (χ1v) is 5.61. The van der Waals surface area contributed by atoms with Gasteiger partial charge in [-0.15, -0.1) is 0 Å². The molecule has 2 N–H and O–H groups in total. The Balaban J connectivity index is 4.01. The van der Waals surface area contributed by atoms with Gasteiger partial charge < -0.3 is 14.9 Å². The first kappa shape index (κ1) is 15.3. The van der Waals surface area contributed by atoms with E-state index in [1.54, 1.807) is 11.9 Å². The van der Waals surface area contributed by atoms with Crippen LogP contribution in [0.25, 0.3) is 0 Å². The number of likely N-dealkylation sites (N-methyl/N-ethyl adjacent to an activating group) is 1. The van der Waals surface area contributed by atoms with Crippen molar-refractivity contribution in [2.45, 2.75) is 45.4 Å². The molecule has 0 aliphatic carbocycles. The van der Waals surface area contributed by atoms with Gasteiger partial charge in [0, 0.05) is 6.54 Å². The molecule has 96 valence electrons. The minimum atomic E-state index is -0.859. The summed E-state index contributed by atoms with van der Waals surface area (Å²) in [4.78, 5) is 12.5. The number of carboxylic acids is 1. The molecule has 0 rings (SSSR count). The van der Waals surface area contributed by atoms with Crippen LogP contribution in [-0.4, -0.2) is 59.5 Å². The van der Waals surface area contributed by atoms with Crippen LogP contribution in [0.1, 0.15) is 27.2 Å². The Morgan fingerprint density at radius 2 is 2.00 bits per heavy atom. The molecule has 0 heterocycles. The van der Waals surface area contributed by atoms with Crippen molar-refractivity contribution in [2.24, 2.45) is 0 Å². The molecule has 2 atom stereocenters. The van der Waals surface area contributed by atoms with E-state index in [0.29, 0.717) is 13.0 Å². The van der Waals surface area contributed by atoms with Crippen molar-refractivity contribution in [1.82, 2.24) is 4.90 Å². The van der Waals surface area contributed by atoms with E-state index in [1.165, 1.54) is 0 Å². The lowest BCUT2D eigenvalue weighted by molar-refractivity contribution is -0.143. The number of rotatable bonds is 8. The van der Waals surface area contributed by atoms with Crippen molar-refractivity contribution in [3.63, 3.8) is 0 Å². The molecule has 0 amide bonds. The van der Waals surface area contributed by atoms with E-state index in [9.17, 15) is 9.90 Å². The largest absolute Gasteiger partial charge is 0.480 e. The third-order valence-electron chi connectivity index (χ3n) is 2.32. The monoisotopic (exact) mass is 233 g/mol. The molecule has 2 unspecified atom stereocenters. The fourth-order valence-electron chi connectivity index (χ4n) is 1.49. The van der Waals surface area contributed by atoms with Crippen molar-refractivity contribution >= 4 is 5.97 Å². The molecular formula is C11H23NO4. The molecule has 0 aromatic rings. The van der Waals surface area contributed by atoms with Crippen LogP contribution in [0.3, 0.4) is 0 Å². The van der Waals surface area contributed by atoms with E-state index in [1.807, 2.05) is 20.8 Å². The highest BCUT2D eigenvalue weighted by Crippen LogP contribution is 2.03. The standard InChI is InChI=1S/C11H23NO4/c1-5-10(11(14)15)12(4)6-9(13)7-16-8(2)3/h8-10,13H,5-7H2,1-4H3,(H,14,15). The summed E-state index contributed by atoms with van der Waals surface area (Å²) in [7, 11) is 1.70. The normalized spacial score (nSPS) is 15.4. The van der Waals surface area contributed by atoms with Gasteiger partial charge in [-0.3, -0.25) is 9.69 Å². The van der Waals surface area contributed by atoms with Crippen LogP contribution in [0.4, 0.5) is 0 Å². The lowest BCUT2D eigenvalue weighted by Crippen LogP contribution is -2.43. The lowest BCUT2D eigenvalue weighted by Gasteiger charge is -2.26. The van der Waals surface area contributed by atoms with Crippen LogP contribution in [0.5, 0.6) is 0 Å². The molecular weight excluding hydrogens is 210 g/mol. The van der Waals surface area contributed by atoms with E-state index < -0.39 is 18.1 Å². The smallest absolute Gasteiger partial charge is 0.320 e. The maximum absolute atomic E-state index is 10.9. The van der Waals surface area contributed by atoms with Crippen molar-refractivity contribution in [3.8, 4) is 0 Å². The Morgan fingerprint density at radius 1 is 1.44 bits per heavy atom. The van der Waals surface area contributed by atoms with E-state index in [4.69, 9.17) is 9.84 Å². The summed E-state index contributed by atoms with van der Waals surface area (Å²) >= 11 is 0. The molecule has 0 aromatic heterocycles. The molecule has 16 heavy (non-hydrogen) atoms. The molecule has 0 bridgehead atoms. The van der Waals surface area contributed by atoms with Gasteiger partial charge in [-0.05, 0) is 27.3 Å². The second-order valence-electron chi connectivity index (χ2n) is 4.24. The van der Waals surface area contributed by atoms with Crippen LogP contribution < -0.4 is 0 Å². The van der Waals surface area contributed by atoms with Gasteiger partial charge in [0.2, 0.25) is 0 Å². The molecule has 0 fully saturated rings. The van der Waals surface area contributed by atoms with E-state index in [2.05, 4.69) is 0 Å². The Kier molecular flexibility index (Phi) is 7.29. The fourth-order valence-corrected chi connectivity index (χ4v) is 1.49. The molecule has 0 radical (unpaired) electrons. The second-order valence-corrected chi connectivity index (χ2v) is 4.24. The first-order valence-electron chi connectivity index (χ1n) is 5.61. The minimum Gasteiger partial charge on any atom is -0.480 e. The molecule has 5 nitrogen and oxygen atoms in total. The average molecular weight is 233 g/mol. The van der Waals surface area contributed by atoms with Crippen LogP contribution in [0.15, 0.2) is 0 Å². The molecule has 0 aliphatic heterocycles. The summed E-state index contributed by atoms with van der Waals surface area (Å²) in [6.45, 7) is 6.13. The van der Waals surface area contributed by atoms with Gasteiger partial charge in [-0.1, -0.05) is 6.92 Å². The zero-order chi connectivity index (χ0) is 12.7. The van der Waals surface area contributed by atoms with E-state index in [-0.39, 0.29) is 12.7 Å². The molecule has 0 aromatic carbocycles. The zero-order valence-corrected chi connectivity index (χ0v) is 10.5. The predicted molar refractivity (Wildman–Crippen MR) is 61.4 cm³/mol. The number of aliphatic hydroxyl groups excluding tert-OH is 1. The number of ether oxygens (including phenoxy) is 1. The van der Waals surface area contributed by atoms with Gasteiger partial charge in [0.1, 0.15) is 6.04 Å². The lowest BCUT2D eigenvalue weighted by atomic mass is 10.2. The molecule has 0 saturated heterocycles. The van der Waals surface area contributed by atoms with Gasteiger partial charge >= 0.3 is 5.97 Å². The summed E-state index contributed by atoms with van der Waals surface area (Å²) in [5.41, 5.74) is 0. The summed E-state index contributed by atoms with van der Waals surface area (Å²) in [5.74, 6) is -0.859. The van der Waals surface area contributed by atoms with Gasteiger partial charge in [0.25, 0.3) is 0 Å². The SMILES string of the molecule is CCC(C(=O)O)N(C)CC(O)COC(C)C. The number of aliphatic hydroxyl groups is 1. The maximum Gasteiger partial charge on any atom is 0.320 e. The van der Waals surface area contributed by atoms with Crippen molar-refractivity contribution in [1.29, 1.82) is 0 Å². The Morgan fingerprint density at radius 3 is 2.38 bits per heavy atom. The van der Waals surface area contributed by atoms with Crippen LogP contribution in [0, 0.1) is 0 Å². The Hall–Kier alpha value is -0.650. The minimum absolute atomic E-state index is 0.0707. The molecule has 0 saturated carbocycles. The molecule has 0 spiro atoms. The zero-order valence-electron chi connectivity index (χ0n) is 10.5. The fraction of sp³-hybridized carbons (Fsp3) is 0.909. The molecule has 5 heteroatoms. The number of hydrogen-bond donors (Lipinski definition) is 2. The Bertz CT molecular complexity index is 208. The van der Waals surface area contributed by atoms with Crippen LogP contribution in [-0.2, 0) is 9.53 Å². The van der Waals surface area contributed by atoms with Crippen molar-refractivity contribution in [3.05, 3.63) is 0 Å². The average Bonchev–Trinajstić information content (AvgIpc) is 2.15. The summed E-state index contributed by atoms with van der Waals surface area (Å²) in [5, 5.41) is 18.6. The van der Waals surface area contributed by atoms with Gasteiger partial charge in [0.15, 0.2) is 0 Å². The highest BCUT2D eigenvalue weighted by atomic mass is 16.5. The predicted octanol–water partition coefficient (Wildman–Crippen LogP) is 0.567. The van der Waals surface area contributed by atoms with Gasteiger partial charge in [-0.25, -0.2) is 0 Å². The highest BCUT2D eigenvalue weighted by molar-refractivity contribution is 5.73. The Labute approximate surface area is 97.0 Å². The summed E-state index contributed by atoms with van der Waals surface area (Å²) < 4.78 is 5.25. The third-order valence-corrected chi connectivity index (χ3v) is 2.32. The van der Waals surface area contributed by atoms with E-state index >= 15 is 0 Å². The topological polar surface area (TPSA) is 70.0 Å².